The van der Waals surface area contributed by atoms with Gasteiger partial charge in [-0.1, -0.05) is 0 Å². The summed E-state index contributed by atoms with van der Waals surface area (Å²) in [5, 5.41) is 4.29. The minimum Gasteiger partial charge on any atom is -0.338 e. The fourth-order valence-corrected chi connectivity index (χ4v) is 2.25. The number of aryl methyl sites for hydroxylation is 2. The van der Waals surface area contributed by atoms with E-state index >= 15 is 0 Å². The third-order valence-corrected chi connectivity index (χ3v) is 3.29. The molecule has 1 aromatic carbocycles. The van der Waals surface area contributed by atoms with Crippen LogP contribution in [0.5, 0.6) is 0 Å². The molecule has 0 atom stereocenters. The zero-order valence-electron chi connectivity index (χ0n) is 10.8. The Morgan fingerprint density at radius 2 is 1.95 bits per heavy atom. The van der Waals surface area contributed by atoms with E-state index in [0.29, 0.717) is 11.3 Å². The topological polar surface area (TPSA) is 46.5 Å². The number of hydrogen-bond donors (Lipinski definition) is 1. The zero-order chi connectivity index (χ0) is 13.7. The van der Waals surface area contributed by atoms with Gasteiger partial charge < -0.3 is 4.98 Å². The van der Waals surface area contributed by atoms with E-state index in [1.54, 1.807) is 4.68 Å². The average Bonchev–Trinajstić information content (AvgIpc) is 2.87. The number of aromatic amines is 1. The maximum absolute atomic E-state index is 13.7. The molecular formula is C13H12F2N4. The molecule has 0 radical (unpaired) electrons. The van der Waals surface area contributed by atoms with Gasteiger partial charge in [0.2, 0.25) is 0 Å². The van der Waals surface area contributed by atoms with E-state index in [1.165, 1.54) is 6.07 Å². The zero-order valence-corrected chi connectivity index (χ0v) is 10.8. The molecule has 0 saturated carbocycles. The Bertz CT molecular complexity index is 786. The maximum Gasteiger partial charge on any atom is 0.186 e. The predicted molar refractivity (Wildman–Crippen MR) is 67.7 cm³/mol. The van der Waals surface area contributed by atoms with Crippen molar-refractivity contribution >= 4 is 11.0 Å². The second-order valence-corrected chi connectivity index (χ2v) is 4.51. The van der Waals surface area contributed by atoms with Gasteiger partial charge in [0.15, 0.2) is 11.6 Å². The van der Waals surface area contributed by atoms with E-state index in [-0.39, 0.29) is 5.52 Å². The van der Waals surface area contributed by atoms with Crippen LogP contribution in [-0.2, 0) is 7.05 Å². The Hall–Kier alpha value is -2.24. The van der Waals surface area contributed by atoms with Gasteiger partial charge in [0.25, 0.3) is 0 Å². The van der Waals surface area contributed by atoms with Gasteiger partial charge in [-0.25, -0.2) is 13.8 Å². The number of hydrogen-bond acceptors (Lipinski definition) is 2. The van der Waals surface area contributed by atoms with Gasteiger partial charge in [-0.3, -0.25) is 4.68 Å². The summed E-state index contributed by atoms with van der Waals surface area (Å²) in [4.78, 5) is 7.16. The summed E-state index contributed by atoms with van der Waals surface area (Å²) in [6.45, 7) is 3.76. The predicted octanol–water partition coefficient (Wildman–Crippen LogP) is 2.86. The SMILES string of the molecule is Cc1nn(C)c(C)c1-c1nc2c(F)c(F)ccc2[nH]1. The first-order valence-electron chi connectivity index (χ1n) is 5.83. The number of fused-ring (bicyclic) bond motifs is 1. The molecule has 0 spiro atoms. The van der Waals surface area contributed by atoms with Crippen molar-refractivity contribution in [2.75, 3.05) is 0 Å². The number of imidazole rings is 1. The fourth-order valence-electron chi connectivity index (χ4n) is 2.25. The minimum absolute atomic E-state index is 0.0117. The number of halogens is 2. The van der Waals surface area contributed by atoms with Crippen molar-refractivity contribution in [3.63, 3.8) is 0 Å². The van der Waals surface area contributed by atoms with Crippen molar-refractivity contribution in [1.82, 2.24) is 19.7 Å². The maximum atomic E-state index is 13.7. The van der Waals surface area contributed by atoms with E-state index in [4.69, 9.17) is 0 Å². The molecule has 0 bridgehead atoms. The standard InChI is InChI=1S/C13H12F2N4/c1-6-10(7(2)19(3)18-6)13-16-9-5-4-8(14)11(15)12(9)17-13/h4-5H,1-3H3,(H,16,17). The molecule has 6 heteroatoms. The van der Waals surface area contributed by atoms with Crippen molar-refractivity contribution in [2.24, 2.45) is 7.05 Å². The van der Waals surface area contributed by atoms with Crippen LogP contribution in [0.15, 0.2) is 12.1 Å². The van der Waals surface area contributed by atoms with Crippen LogP contribution in [0.25, 0.3) is 22.4 Å². The molecule has 0 aliphatic heterocycles. The van der Waals surface area contributed by atoms with E-state index < -0.39 is 11.6 Å². The highest BCUT2D eigenvalue weighted by molar-refractivity contribution is 5.80. The van der Waals surface area contributed by atoms with Crippen LogP contribution in [0.4, 0.5) is 8.78 Å². The smallest absolute Gasteiger partial charge is 0.186 e. The Balaban J connectivity index is 2.29. The normalized spacial score (nSPS) is 11.4. The molecular weight excluding hydrogens is 250 g/mol. The number of H-pyrrole nitrogens is 1. The molecule has 0 aliphatic rings. The van der Waals surface area contributed by atoms with Crippen LogP contribution in [0.1, 0.15) is 11.4 Å². The molecule has 0 saturated heterocycles. The molecule has 2 aromatic heterocycles. The summed E-state index contributed by atoms with van der Waals surface area (Å²) in [5.74, 6) is -1.33. The molecule has 1 N–H and O–H groups in total. The van der Waals surface area contributed by atoms with Crippen molar-refractivity contribution < 1.29 is 8.78 Å². The molecule has 0 unspecified atom stereocenters. The van der Waals surface area contributed by atoms with Crippen molar-refractivity contribution in [2.45, 2.75) is 13.8 Å². The summed E-state index contributed by atoms with van der Waals surface area (Å²) in [6.07, 6.45) is 0. The molecule has 3 rings (SSSR count). The Kier molecular flexibility index (Phi) is 2.41. The van der Waals surface area contributed by atoms with Gasteiger partial charge in [0.05, 0.1) is 16.8 Å². The summed E-state index contributed by atoms with van der Waals surface area (Å²) in [5.41, 5.74) is 3.00. The highest BCUT2D eigenvalue weighted by atomic mass is 19.2. The quantitative estimate of drug-likeness (QED) is 0.733. The number of nitrogens with one attached hydrogen (secondary N) is 1. The van der Waals surface area contributed by atoms with Crippen molar-refractivity contribution in [3.05, 3.63) is 35.2 Å². The largest absolute Gasteiger partial charge is 0.338 e. The lowest BCUT2D eigenvalue weighted by molar-refractivity contribution is 0.515. The second-order valence-electron chi connectivity index (χ2n) is 4.51. The van der Waals surface area contributed by atoms with E-state index in [2.05, 4.69) is 15.1 Å². The molecule has 98 valence electrons. The Morgan fingerprint density at radius 1 is 1.21 bits per heavy atom. The van der Waals surface area contributed by atoms with E-state index in [0.717, 1.165) is 23.0 Å². The first kappa shape index (κ1) is 11.8. The number of nitrogens with zero attached hydrogens (tertiary/aromatic N) is 3. The molecule has 3 aromatic rings. The van der Waals surface area contributed by atoms with Crippen LogP contribution < -0.4 is 0 Å². The van der Waals surface area contributed by atoms with Gasteiger partial charge in [0, 0.05) is 12.7 Å². The van der Waals surface area contributed by atoms with Crippen LogP contribution in [0.2, 0.25) is 0 Å². The highest BCUT2D eigenvalue weighted by Gasteiger charge is 2.17. The van der Waals surface area contributed by atoms with Crippen molar-refractivity contribution in [3.8, 4) is 11.4 Å². The Labute approximate surface area is 108 Å². The minimum atomic E-state index is -0.931. The lowest BCUT2D eigenvalue weighted by Crippen LogP contribution is -1.92. The fraction of sp³-hybridized carbons (Fsp3) is 0.231. The third-order valence-electron chi connectivity index (χ3n) is 3.29. The van der Waals surface area contributed by atoms with Crippen LogP contribution in [0.3, 0.4) is 0 Å². The van der Waals surface area contributed by atoms with Gasteiger partial charge in [-0.15, -0.1) is 0 Å². The monoisotopic (exact) mass is 262 g/mol. The van der Waals surface area contributed by atoms with Crippen molar-refractivity contribution in [1.29, 1.82) is 0 Å². The molecule has 0 amide bonds. The van der Waals surface area contributed by atoms with Crippen LogP contribution >= 0.6 is 0 Å². The number of aromatic nitrogens is 4. The highest BCUT2D eigenvalue weighted by Crippen LogP contribution is 2.27. The molecule has 4 nitrogen and oxygen atoms in total. The lowest BCUT2D eigenvalue weighted by atomic mass is 10.2. The van der Waals surface area contributed by atoms with Crippen LogP contribution in [-0.4, -0.2) is 19.7 Å². The van der Waals surface area contributed by atoms with Gasteiger partial charge in [-0.2, -0.15) is 5.10 Å². The second kappa shape index (κ2) is 3.88. The van der Waals surface area contributed by atoms with Gasteiger partial charge in [0.1, 0.15) is 11.3 Å². The third kappa shape index (κ3) is 1.63. The lowest BCUT2D eigenvalue weighted by Gasteiger charge is -1.96. The molecule has 2 heterocycles. The van der Waals surface area contributed by atoms with Gasteiger partial charge >= 0.3 is 0 Å². The number of benzene rings is 1. The van der Waals surface area contributed by atoms with Crippen LogP contribution in [0, 0.1) is 25.5 Å². The summed E-state index contributed by atoms with van der Waals surface area (Å²) in [7, 11) is 1.83. The van der Waals surface area contributed by atoms with E-state index in [1.807, 2.05) is 20.9 Å². The van der Waals surface area contributed by atoms with Gasteiger partial charge in [-0.05, 0) is 26.0 Å². The average molecular weight is 262 g/mol. The molecule has 0 aliphatic carbocycles. The Morgan fingerprint density at radius 3 is 2.58 bits per heavy atom. The summed E-state index contributed by atoms with van der Waals surface area (Å²) in [6, 6.07) is 2.56. The first-order valence-corrected chi connectivity index (χ1v) is 5.83. The molecule has 19 heavy (non-hydrogen) atoms. The number of rotatable bonds is 1. The summed E-state index contributed by atoms with van der Waals surface area (Å²) < 4.78 is 28.6. The van der Waals surface area contributed by atoms with E-state index in [9.17, 15) is 8.78 Å². The molecule has 0 fully saturated rings. The summed E-state index contributed by atoms with van der Waals surface area (Å²) >= 11 is 0. The first-order chi connectivity index (χ1) is 8.99.